The van der Waals surface area contributed by atoms with E-state index in [2.05, 4.69) is 91.6 Å². The van der Waals surface area contributed by atoms with Crippen LogP contribution >= 0.6 is 0 Å². The molecule has 1 heteroatoms. The van der Waals surface area contributed by atoms with Gasteiger partial charge in [0.1, 0.15) is 0 Å². The van der Waals surface area contributed by atoms with Gasteiger partial charge in [0.2, 0.25) is 0 Å². The third-order valence-electron chi connectivity index (χ3n) is 3.98. The summed E-state index contributed by atoms with van der Waals surface area (Å²) in [5.41, 5.74) is 6.99. The number of anilines is 1. The van der Waals surface area contributed by atoms with Gasteiger partial charge in [-0.25, -0.2) is 0 Å². The van der Waals surface area contributed by atoms with Crippen molar-refractivity contribution in [2.45, 2.75) is 13.5 Å². The predicted octanol–water partition coefficient (Wildman–Crippen LogP) is 5.67. The van der Waals surface area contributed by atoms with Crippen LogP contribution in [0.4, 0.5) is 5.69 Å². The van der Waals surface area contributed by atoms with Gasteiger partial charge in [0.05, 0.1) is 0 Å². The van der Waals surface area contributed by atoms with E-state index in [1.165, 1.54) is 11.1 Å². The van der Waals surface area contributed by atoms with Crippen LogP contribution in [0.3, 0.4) is 0 Å². The summed E-state index contributed by atoms with van der Waals surface area (Å²) in [7, 11) is 0. The molecule has 23 heavy (non-hydrogen) atoms. The second kappa shape index (κ2) is 6.97. The topological polar surface area (TPSA) is 12.0 Å². The van der Waals surface area contributed by atoms with Crippen LogP contribution in [-0.4, -0.2) is 0 Å². The first-order valence-electron chi connectivity index (χ1n) is 7.87. The summed E-state index contributed by atoms with van der Waals surface area (Å²) < 4.78 is 0. The van der Waals surface area contributed by atoms with Crippen LogP contribution in [0, 0.1) is 6.92 Å². The number of nitrogens with one attached hydrogen (secondary N) is 1. The maximum atomic E-state index is 4.30. The van der Waals surface area contributed by atoms with Crippen molar-refractivity contribution in [3.8, 4) is 0 Å². The standard InChI is InChI=1S/C22H21N/c1-17-12-14-20(15-13-17)18(2)21-10-6-7-11-22(21)23-16-19-8-4-3-5-9-19/h3-15,23H,2,16H2,1H3. The van der Waals surface area contributed by atoms with Gasteiger partial charge < -0.3 is 5.32 Å². The summed E-state index contributed by atoms with van der Waals surface area (Å²) in [6.07, 6.45) is 0. The molecule has 0 aromatic heterocycles. The molecule has 1 N–H and O–H groups in total. The fourth-order valence-electron chi connectivity index (χ4n) is 2.60. The Morgan fingerprint density at radius 2 is 1.48 bits per heavy atom. The highest BCUT2D eigenvalue weighted by atomic mass is 14.9. The van der Waals surface area contributed by atoms with Crippen molar-refractivity contribution >= 4 is 11.3 Å². The monoisotopic (exact) mass is 299 g/mol. The molecule has 0 amide bonds. The van der Waals surface area contributed by atoms with Crippen molar-refractivity contribution in [2.24, 2.45) is 0 Å². The van der Waals surface area contributed by atoms with Crippen LogP contribution in [0.25, 0.3) is 5.57 Å². The van der Waals surface area contributed by atoms with Gasteiger partial charge in [0.15, 0.2) is 0 Å². The number of aryl methyl sites for hydroxylation is 1. The Balaban J connectivity index is 1.82. The van der Waals surface area contributed by atoms with E-state index in [4.69, 9.17) is 0 Å². The fraction of sp³-hybridized carbons (Fsp3) is 0.0909. The lowest BCUT2D eigenvalue weighted by atomic mass is 9.97. The molecular weight excluding hydrogens is 278 g/mol. The molecule has 0 saturated heterocycles. The number of rotatable bonds is 5. The van der Waals surface area contributed by atoms with E-state index in [-0.39, 0.29) is 0 Å². The van der Waals surface area contributed by atoms with Gasteiger partial charge in [-0.05, 0) is 29.7 Å². The molecular formula is C22H21N. The van der Waals surface area contributed by atoms with Crippen LogP contribution in [0.2, 0.25) is 0 Å². The van der Waals surface area contributed by atoms with E-state index in [9.17, 15) is 0 Å². The molecule has 0 spiro atoms. The summed E-state index contributed by atoms with van der Waals surface area (Å²) in [5.74, 6) is 0. The largest absolute Gasteiger partial charge is 0.380 e. The predicted molar refractivity (Wildman–Crippen MR) is 99.5 cm³/mol. The number of benzene rings is 3. The number of hydrogen-bond acceptors (Lipinski definition) is 1. The molecule has 1 nitrogen and oxygen atoms in total. The normalized spacial score (nSPS) is 10.3. The Kier molecular flexibility index (Phi) is 4.58. The maximum Gasteiger partial charge on any atom is 0.0422 e. The second-order valence-corrected chi connectivity index (χ2v) is 5.73. The lowest BCUT2D eigenvalue weighted by Gasteiger charge is -2.14. The third-order valence-corrected chi connectivity index (χ3v) is 3.98. The molecule has 0 aliphatic heterocycles. The smallest absolute Gasteiger partial charge is 0.0422 e. The van der Waals surface area contributed by atoms with E-state index in [1.807, 2.05) is 6.07 Å². The average molecular weight is 299 g/mol. The first kappa shape index (κ1) is 15.1. The highest BCUT2D eigenvalue weighted by Crippen LogP contribution is 2.28. The molecule has 0 heterocycles. The SMILES string of the molecule is C=C(c1ccc(C)cc1)c1ccccc1NCc1ccccc1. The van der Waals surface area contributed by atoms with Crippen LogP contribution < -0.4 is 5.32 Å². The van der Waals surface area contributed by atoms with Gasteiger partial charge >= 0.3 is 0 Å². The van der Waals surface area contributed by atoms with Gasteiger partial charge in [-0.2, -0.15) is 0 Å². The van der Waals surface area contributed by atoms with Gasteiger partial charge in [-0.3, -0.25) is 0 Å². The van der Waals surface area contributed by atoms with Crippen molar-refractivity contribution in [3.63, 3.8) is 0 Å². The second-order valence-electron chi connectivity index (χ2n) is 5.73. The van der Waals surface area contributed by atoms with E-state index in [0.717, 1.165) is 28.9 Å². The zero-order chi connectivity index (χ0) is 16.1. The van der Waals surface area contributed by atoms with Gasteiger partial charge in [0, 0.05) is 17.8 Å². The Morgan fingerprint density at radius 3 is 2.22 bits per heavy atom. The van der Waals surface area contributed by atoms with Crippen LogP contribution in [0.1, 0.15) is 22.3 Å². The van der Waals surface area contributed by atoms with E-state index in [1.54, 1.807) is 0 Å². The molecule has 0 bridgehead atoms. The number of hydrogen-bond donors (Lipinski definition) is 1. The summed E-state index contributed by atoms with van der Waals surface area (Å²) in [4.78, 5) is 0. The Labute approximate surface area is 138 Å². The first-order chi connectivity index (χ1) is 11.2. The molecule has 0 saturated carbocycles. The lowest BCUT2D eigenvalue weighted by molar-refractivity contribution is 1.15. The van der Waals surface area contributed by atoms with Crippen molar-refractivity contribution in [1.82, 2.24) is 0 Å². The Bertz CT molecular complexity index is 786. The molecule has 0 aliphatic carbocycles. The van der Waals surface area contributed by atoms with Crippen LogP contribution in [0.5, 0.6) is 0 Å². The molecule has 114 valence electrons. The van der Waals surface area contributed by atoms with E-state index < -0.39 is 0 Å². The lowest BCUT2D eigenvalue weighted by Crippen LogP contribution is -2.02. The first-order valence-corrected chi connectivity index (χ1v) is 7.87. The van der Waals surface area contributed by atoms with Gasteiger partial charge in [-0.1, -0.05) is 84.9 Å². The van der Waals surface area contributed by atoms with Crippen LogP contribution in [-0.2, 0) is 6.54 Å². The average Bonchev–Trinajstić information content (AvgIpc) is 2.61. The Hall–Kier alpha value is -2.80. The van der Waals surface area contributed by atoms with Crippen molar-refractivity contribution in [3.05, 3.63) is 108 Å². The quantitative estimate of drug-likeness (QED) is 0.640. The van der Waals surface area contributed by atoms with Gasteiger partial charge in [0.25, 0.3) is 0 Å². The molecule has 3 aromatic rings. The molecule has 0 aliphatic rings. The van der Waals surface area contributed by atoms with Crippen molar-refractivity contribution in [2.75, 3.05) is 5.32 Å². The fourth-order valence-corrected chi connectivity index (χ4v) is 2.60. The summed E-state index contributed by atoms with van der Waals surface area (Å²) >= 11 is 0. The molecule has 0 fully saturated rings. The minimum Gasteiger partial charge on any atom is -0.380 e. The number of para-hydroxylation sites is 1. The van der Waals surface area contributed by atoms with Gasteiger partial charge in [-0.15, -0.1) is 0 Å². The molecule has 0 unspecified atom stereocenters. The highest BCUT2D eigenvalue weighted by molar-refractivity contribution is 5.84. The summed E-state index contributed by atoms with van der Waals surface area (Å²) in [5, 5.41) is 3.53. The minimum absolute atomic E-state index is 0.805. The molecule has 0 atom stereocenters. The summed E-state index contributed by atoms with van der Waals surface area (Å²) in [6.45, 7) is 7.20. The van der Waals surface area contributed by atoms with Crippen LogP contribution in [0.15, 0.2) is 85.4 Å². The van der Waals surface area contributed by atoms with E-state index in [0.29, 0.717) is 0 Å². The zero-order valence-corrected chi connectivity index (χ0v) is 13.4. The maximum absolute atomic E-state index is 4.30. The molecule has 3 aromatic carbocycles. The summed E-state index contributed by atoms with van der Waals surface area (Å²) in [6, 6.07) is 27.3. The highest BCUT2D eigenvalue weighted by Gasteiger charge is 2.07. The minimum atomic E-state index is 0.805. The Morgan fingerprint density at radius 1 is 0.826 bits per heavy atom. The zero-order valence-electron chi connectivity index (χ0n) is 13.4. The third kappa shape index (κ3) is 3.70. The molecule has 3 rings (SSSR count). The van der Waals surface area contributed by atoms with E-state index >= 15 is 0 Å². The van der Waals surface area contributed by atoms with Crippen molar-refractivity contribution in [1.29, 1.82) is 0 Å². The van der Waals surface area contributed by atoms with Crippen molar-refractivity contribution < 1.29 is 0 Å². The molecule has 0 radical (unpaired) electrons.